The van der Waals surface area contributed by atoms with Crippen LogP contribution in [-0.2, 0) is 23.9 Å². The zero-order valence-electron chi connectivity index (χ0n) is 21.3. The van der Waals surface area contributed by atoms with Gasteiger partial charge in [0.15, 0.2) is 0 Å². The van der Waals surface area contributed by atoms with Crippen LogP contribution in [0.5, 0.6) is 0 Å². The number of rotatable bonds is 5. The molecule has 198 valence electrons. The second kappa shape index (κ2) is 9.57. The van der Waals surface area contributed by atoms with Crippen molar-refractivity contribution in [2.75, 3.05) is 24.7 Å². The SMILES string of the molecule is CC[C@H](C)[C@H](CO)N1C(=O)[C@@H]2[C@@H]3C(=O)OCCC=C[C@]3(C)O[C@@]23C=CCN(c2ccccc2Cl)C(=O)C13. The van der Waals surface area contributed by atoms with E-state index in [-0.39, 0.29) is 37.5 Å². The van der Waals surface area contributed by atoms with Crippen LogP contribution >= 0.6 is 11.6 Å². The number of ether oxygens (including phenoxy) is 2. The second-order valence-electron chi connectivity index (χ2n) is 10.5. The molecule has 0 bridgehead atoms. The van der Waals surface area contributed by atoms with Crippen molar-refractivity contribution in [1.82, 2.24) is 4.90 Å². The van der Waals surface area contributed by atoms with Gasteiger partial charge >= 0.3 is 5.97 Å². The molecular formula is C28H33ClN2O6. The predicted molar refractivity (Wildman–Crippen MR) is 138 cm³/mol. The fourth-order valence-electron chi connectivity index (χ4n) is 6.49. The molecule has 1 N–H and O–H groups in total. The molecule has 7 atom stereocenters. The number of fused-ring (bicyclic) bond motifs is 2. The van der Waals surface area contributed by atoms with Crippen LogP contribution in [0.15, 0.2) is 48.6 Å². The van der Waals surface area contributed by atoms with Gasteiger partial charge in [-0.2, -0.15) is 0 Å². The molecule has 0 aliphatic carbocycles. The van der Waals surface area contributed by atoms with Crippen LogP contribution < -0.4 is 4.90 Å². The summed E-state index contributed by atoms with van der Waals surface area (Å²) >= 11 is 6.49. The molecule has 1 unspecified atom stereocenters. The molecule has 0 radical (unpaired) electrons. The highest BCUT2D eigenvalue weighted by Crippen LogP contribution is 2.58. The molecule has 37 heavy (non-hydrogen) atoms. The Balaban J connectivity index is 1.71. The van der Waals surface area contributed by atoms with Gasteiger partial charge in [-0.3, -0.25) is 14.4 Å². The van der Waals surface area contributed by atoms with Crippen LogP contribution in [0.2, 0.25) is 5.02 Å². The van der Waals surface area contributed by atoms with Gasteiger partial charge in [0.05, 0.1) is 41.5 Å². The van der Waals surface area contributed by atoms with Gasteiger partial charge in [-0.15, -0.1) is 0 Å². The predicted octanol–water partition coefficient (Wildman–Crippen LogP) is 3.12. The zero-order valence-corrected chi connectivity index (χ0v) is 22.1. The van der Waals surface area contributed by atoms with Gasteiger partial charge in [0, 0.05) is 6.54 Å². The van der Waals surface area contributed by atoms with Crippen molar-refractivity contribution in [2.45, 2.75) is 56.9 Å². The lowest BCUT2D eigenvalue weighted by molar-refractivity contribution is -0.160. The van der Waals surface area contributed by atoms with Crippen LogP contribution in [0.4, 0.5) is 5.69 Å². The number of nitrogens with zero attached hydrogens (tertiary/aromatic N) is 2. The monoisotopic (exact) mass is 528 g/mol. The quantitative estimate of drug-likeness (QED) is 0.466. The van der Waals surface area contributed by atoms with Gasteiger partial charge < -0.3 is 24.4 Å². The standard InChI is InChI=1S/C28H33ClN2O6/c1-4-17(2)20(16-32)31-23-25(34)30(19-11-6-5-10-18(19)29)14-9-13-28(23)21(24(31)33)22-26(35)36-15-8-7-12-27(22,3)37-28/h5-7,9-13,17,20-23,32H,4,8,14-16H2,1-3H3/t17-,20-,21-,22+,23?,27-,28-/m0/s1. The van der Waals surface area contributed by atoms with Crippen LogP contribution in [0.1, 0.15) is 33.6 Å². The van der Waals surface area contributed by atoms with E-state index < -0.39 is 41.1 Å². The lowest BCUT2D eigenvalue weighted by Crippen LogP contribution is -2.60. The lowest BCUT2D eigenvalue weighted by Gasteiger charge is -2.41. The van der Waals surface area contributed by atoms with Crippen molar-refractivity contribution < 1.29 is 29.0 Å². The summed E-state index contributed by atoms with van der Waals surface area (Å²) in [5.41, 5.74) is -2.04. The maximum atomic E-state index is 14.5. The number of amides is 2. The van der Waals surface area contributed by atoms with Gasteiger partial charge in [0.2, 0.25) is 5.91 Å². The minimum absolute atomic E-state index is 0.103. The average Bonchev–Trinajstić information content (AvgIpc) is 3.19. The van der Waals surface area contributed by atoms with Gasteiger partial charge in [-0.1, -0.05) is 68.3 Å². The molecule has 0 saturated carbocycles. The van der Waals surface area contributed by atoms with E-state index in [2.05, 4.69) is 0 Å². The van der Waals surface area contributed by atoms with E-state index in [1.54, 1.807) is 48.2 Å². The van der Waals surface area contributed by atoms with Crippen molar-refractivity contribution in [3.63, 3.8) is 0 Å². The third-order valence-electron chi connectivity index (χ3n) is 8.45. The molecule has 2 amide bonds. The number of cyclic esters (lactones) is 1. The Kier molecular flexibility index (Phi) is 6.71. The highest BCUT2D eigenvalue weighted by molar-refractivity contribution is 6.34. The first kappa shape index (κ1) is 25.9. The smallest absolute Gasteiger partial charge is 0.313 e. The number of benzene rings is 1. The Morgan fingerprint density at radius 3 is 2.59 bits per heavy atom. The highest BCUT2D eigenvalue weighted by Gasteiger charge is 2.75. The van der Waals surface area contributed by atoms with E-state index in [1.165, 1.54) is 4.90 Å². The number of aliphatic hydroxyl groups is 1. The average molecular weight is 529 g/mol. The summed E-state index contributed by atoms with van der Waals surface area (Å²) in [5, 5.41) is 10.9. The number of para-hydroxylation sites is 1. The minimum atomic E-state index is -1.42. The van der Waals surface area contributed by atoms with E-state index in [0.717, 1.165) is 0 Å². The van der Waals surface area contributed by atoms with Crippen molar-refractivity contribution in [3.8, 4) is 0 Å². The fourth-order valence-corrected chi connectivity index (χ4v) is 6.72. The van der Waals surface area contributed by atoms with Crippen molar-refractivity contribution in [2.24, 2.45) is 17.8 Å². The number of likely N-dealkylation sites (tertiary alicyclic amines) is 1. The van der Waals surface area contributed by atoms with E-state index in [1.807, 2.05) is 26.0 Å². The van der Waals surface area contributed by atoms with E-state index in [9.17, 15) is 19.5 Å². The van der Waals surface area contributed by atoms with Gasteiger partial charge in [-0.05, 0) is 31.4 Å². The van der Waals surface area contributed by atoms with Gasteiger partial charge in [0.1, 0.15) is 17.6 Å². The molecule has 2 saturated heterocycles. The van der Waals surface area contributed by atoms with Crippen molar-refractivity contribution >= 4 is 35.1 Å². The third kappa shape index (κ3) is 3.83. The van der Waals surface area contributed by atoms with Crippen LogP contribution in [0, 0.1) is 17.8 Å². The lowest BCUT2D eigenvalue weighted by atomic mass is 9.74. The number of hydrogen-bond acceptors (Lipinski definition) is 6. The normalized spacial score (nSPS) is 34.7. The van der Waals surface area contributed by atoms with E-state index >= 15 is 0 Å². The summed E-state index contributed by atoms with van der Waals surface area (Å²) in [6.07, 6.45) is 8.52. The Morgan fingerprint density at radius 2 is 1.89 bits per heavy atom. The summed E-state index contributed by atoms with van der Waals surface area (Å²) in [7, 11) is 0. The number of aliphatic hydroxyl groups excluding tert-OH is 1. The highest BCUT2D eigenvalue weighted by atomic mass is 35.5. The number of hydrogen-bond donors (Lipinski definition) is 1. The molecule has 1 aromatic carbocycles. The number of halogens is 1. The molecule has 9 heteroatoms. The molecule has 0 aromatic heterocycles. The molecule has 4 heterocycles. The first-order chi connectivity index (χ1) is 17.7. The number of anilines is 1. The largest absolute Gasteiger partial charge is 0.465 e. The van der Waals surface area contributed by atoms with Crippen LogP contribution in [-0.4, -0.2) is 70.8 Å². The summed E-state index contributed by atoms with van der Waals surface area (Å²) < 4.78 is 12.3. The molecular weight excluding hydrogens is 496 g/mol. The Bertz CT molecular complexity index is 1170. The first-order valence-electron chi connectivity index (χ1n) is 12.9. The summed E-state index contributed by atoms with van der Waals surface area (Å²) in [6, 6.07) is 5.31. The third-order valence-corrected chi connectivity index (χ3v) is 8.77. The Labute approximate surface area is 221 Å². The molecule has 4 aliphatic heterocycles. The van der Waals surface area contributed by atoms with Crippen molar-refractivity contribution in [3.05, 3.63) is 53.6 Å². The summed E-state index contributed by atoms with van der Waals surface area (Å²) in [5.74, 6) is -3.30. The number of carbonyl (C=O) groups excluding carboxylic acids is 3. The minimum Gasteiger partial charge on any atom is -0.465 e. The van der Waals surface area contributed by atoms with Crippen LogP contribution in [0.25, 0.3) is 0 Å². The van der Waals surface area contributed by atoms with E-state index in [4.69, 9.17) is 21.1 Å². The molecule has 2 fully saturated rings. The second-order valence-corrected chi connectivity index (χ2v) is 10.9. The first-order valence-corrected chi connectivity index (χ1v) is 13.3. The topological polar surface area (TPSA) is 96.4 Å². The summed E-state index contributed by atoms with van der Waals surface area (Å²) in [4.78, 5) is 45.2. The van der Waals surface area contributed by atoms with Gasteiger partial charge in [-0.25, -0.2) is 0 Å². The Hall–Kier alpha value is -2.68. The van der Waals surface area contributed by atoms with Gasteiger partial charge in [0.25, 0.3) is 5.91 Å². The molecule has 1 spiro atoms. The maximum absolute atomic E-state index is 14.5. The Morgan fingerprint density at radius 1 is 1.14 bits per heavy atom. The molecule has 5 rings (SSSR count). The number of carbonyl (C=O) groups is 3. The van der Waals surface area contributed by atoms with Crippen molar-refractivity contribution in [1.29, 1.82) is 0 Å². The molecule has 4 aliphatic rings. The van der Waals surface area contributed by atoms with Crippen LogP contribution in [0.3, 0.4) is 0 Å². The molecule has 1 aromatic rings. The maximum Gasteiger partial charge on any atom is 0.313 e. The zero-order chi connectivity index (χ0) is 26.5. The van der Waals surface area contributed by atoms with E-state index in [0.29, 0.717) is 23.6 Å². The fraction of sp³-hybridized carbons (Fsp3) is 0.536. The molecule has 8 nitrogen and oxygen atoms in total. The number of esters is 1. The summed E-state index contributed by atoms with van der Waals surface area (Å²) in [6.45, 7) is 5.79.